The highest BCUT2D eigenvalue weighted by atomic mass is 32.1. The van der Waals surface area contributed by atoms with Crippen LogP contribution >= 0.6 is 23.6 Å². The maximum absolute atomic E-state index is 12.1. The molecule has 0 aliphatic rings. The molecule has 0 atom stereocenters. The molecule has 2 amide bonds. The molecule has 0 fully saturated rings. The number of carbonyl (C=O) groups excluding carboxylic acids is 2. The van der Waals surface area contributed by atoms with Gasteiger partial charge in [0.15, 0.2) is 5.11 Å². The van der Waals surface area contributed by atoms with Gasteiger partial charge in [0.1, 0.15) is 5.75 Å². The lowest BCUT2D eigenvalue weighted by molar-refractivity contribution is 0.0935. The lowest BCUT2D eigenvalue weighted by Crippen LogP contribution is -2.48. The first kappa shape index (κ1) is 18.9. The lowest BCUT2D eigenvalue weighted by Gasteiger charge is -2.11. The zero-order valence-electron chi connectivity index (χ0n) is 13.9. The third kappa shape index (κ3) is 6.17. The first-order valence-electron chi connectivity index (χ1n) is 7.63. The predicted molar refractivity (Wildman–Crippen MR) is 102 cm³/mol. The Balaban J connectivity index is 1.79. The summed E-state index contributed by atoms with van der Waals surface area (Å²) in [6.45, 7) is 4.74. The first-order valence-corrected chi connectivity index (χ1v) is 8.92. The summed E-state index contributed by atoms with van der Waals surface area (Å²) in [5, 5.41) is 4.29. The number of ether oxygens (including phenoxy) is 1. The van der Waals surface area contributed by atoms with Crippen LogP contribution in [0.25, 0.3) is 0 Å². The molecule has 132 valence electrons. The average Bonchev–Trinajstić information content (AvgIpc) is 3.13. The summed E-state index contributed by atoms with van der Waals surface area (Å²) in [6.07, 6.45) is 0. The minimum absolute atomic E-state index is 0.0173. The number of rotatable bonds is 5. The number of hydrogen-bond acceptors (Lipinski definition) is 5. The fourth-order valence-corrected chi connectivity index (χ4v) is 2.52. The van der Waals surface area contributed by atoms with Gasteiger partial charge >= 0.3 is 0 Å². The second-order valence-electron chi connectivity index (χ2n) is 5.57. The van der Waals surface area contributed by atoms with Gasteiger partial charge < -0.3 is 4.74 Å². The summed E-state index contributed by atoms with van der Waals surface area (Å²) in [4.78, 5) is 24.4. The van der Waals surface area contributed by atoms with Crippen molar-refractivity contribution < 1.29 is 14.3 Å². The summed E-state index contributed by atoms with van der Waals surface area (Å²) >= 11 is 6.28. The fourth-order valence-electron chi connectivity index (χ4n) is 1.75. The molecule has 8 heteroatoms. The molecule has 2 aromatic rings. The fraction of sp³-hybridized carbons (Fsp3) is 0.235. The molecule has 0 aliphatic carbocycles. The number of carbonyl (C=O) groups is 2. The number of nitrogens with one attached hydrogen (secondary N) is 3. The zero-order chi connectivity index (χ0) is 18.2. The standard InChI is InChI=1S/C17H19N3O3S2/c1-11(2)10-23-13-7-5-12(6-8-13)15(21)19-20-17(24)18-16(22)14-4-3-9-25-14/h3-9,11H,10H2,1-2H3,(H,19,21)(H2,18,20,22,24). The molecule has 0 radical (unpaired) electrons. The SMILES string of the molecule is CC(C)COc1ccc(C(=O)NNC(=S)NC(=O)c2cccs2)cc1. The molecule has 6 nitrogen and oxygen atoms in total. The van der Waals surface area contributed by atoms with E-state index in [-0.39, 0.29) is 16.9 Å². The number of hydrazine groups is 1. The van der Waals surface area contributed by atoms with Crippen LogP contribution in [0.4, 0.5) is 0 Å². The van der Waals surface area contributed by atoms with Gasteiger partial charge in [-0.25, -0.2) is 0 Å². The minimum atomic E-state index is -0.372. The normalized spacial score (nSPS) is 10.2. The second kappa shape index (κ2) is 9.14. The summed E-state index contributed by atoms with van der Waals surface area (Å²) in [5.74, 6) is 0.436. The smallest absolute Gasteiger partial charge is 0.269 e. The number of thiocarbonyl (C=S) groups is 1. The van der Waals surface area contributed by atoms with Crippen LogP contribution in [0.3, 0.4) is 0 Å². The molecule has 0 saturated carbocycles. The van der Waals surface area contributed by atoms with Gasteiger partial charge in [0.05, 0.1) is 11.5 Å². The van der Waals surface area contributed by atoms with Crippen LogP contribution in [0.2, 0.25) is 0 Å². The summed E-state index contributed by atoms with van der Waals surface area (Å²) in [5.41, 5.74) is 5.38. The number of thiophene rings is 1. The van der Waals surface area contributed by atoms with Gasteiger partial charge in [-0.1, -0.05) is 19.9 Å². The van der Waals surface area contributed by atoms with E-state index in [1.54, 1.807) is 41.8 Å². The van der Waals surface area contributed by atoms with Crippen LogP contribution in [0.1, 0.15) is 33.9 Å². The van der Waals surface area contributed by atoms with Crippen LogP contribution in [0, 0.1) is 5.92 Å². The molecule has 0 aliphatic heterocycles. The van der Waals surface area contributed by atoms with E-state index in [1.807, 2.05) is 0 Å². The Morgan fingerprint density at radius 1 is 1.12 bits per heavy atom. The van der Waals surface area contributed by atoms with Gasteiger partial charge in [0, 0.05) is 5.56 Å². The van der Waals surface area contributed by atoms with E-state index in [1.165, 1.54) is 11.3 Å². The molecule has 1 aromatic heterocycles. The highest BCUT2D eigenvalue weighted by Crippen LogP contribution is 2.13. The van der Waals surface area contributed by atoms with E-state index in [9.17, 15) is 9.59 Å². The average molecular weight is 377 g/mol. The van der Waals surface area contributed by atoms with E-state index in [2.05, 4.69) is 30.0 Å². The van der Waals surface area contributed by atoms with Crippen LogP contribution in [0.5, 0.6) is 5.75 Å². The van der Waals surface area contributed by atoms with Crippen molar-refractivity contribution in [3.8, 4) is 5.75 Å². The molecular formula is C17H19N3O3S2. The predicted octanol–water partition coefficient (Wildman–Crippen LogP) is 2.73. The molecule has 0 bridgehead atoms. The number of hydrogen-bond donors (Lipinski definition) is 3. The molecule has 0 saturated heterocycles. The van der Waals surface area contributed by atoms with Gasteiger partial charge in [-0.2, -0.15) is 0 Å². The van der Waals surface area contributed by atoms with Crippen LogP contribution in [0.15, 0.2) is 41.8 Å². The number of amides is 2. The van der Waals surface area contributed by atoms with Crippen molar-refractivity contribution in [2.24, 2.45) is 5.92 Å². The van der Waals surface area contributed by atoms with Gasteiger partial charge in [0.2, 0.25) is 0 Å². The van der Waals surface area contributed by atoms with Crippen LogP contribution < -0.4 is 20.9 Å². The van der Waals surface area contributed by atoms with Gasteiger partial charge in [0.25, 0.3) is 11.8 Å². The van der Waals surface area contributed by atoms with Crippen molar-refractivity contribution in [1.82, 2.24) is 16.2 Å². The third-order valence-electron chi connectivity index (χ3n) is 2.96. The Kier molecular flexibility index (Phi) is 6.91. The highest BCUT2D eigenvalue weighted by molar-refractivity contribution is 7.80. The maximum atomic E-state index is 12.1. The van der Waals surface area contributed by atoms with Crippen molar-refractivity contribution in [3.63, 3.8) is 0 Å². The highest BCUT2D eigenvalue weighted by Gasteiger charge is 2.10. The van der Waals surface area contributed by atoms with E-state index >= 15 is 0 Å². The molecular weight excluding hydrogens is 358 g/mol. The molecule has 1 heterocycles. The van der Waals surface area contributed by atoms with Crippen molar-refractivity contribution in [3.05, 3.63) is 52.2 Å². The molecule has 0 spiro atoms. The van der Waals surface area contributed by atoms with Gasteiger partial charge in [-0.15, -0.1) is 11.3 Å². The largest absolute Gasteiger partial charge is 0.493 e. The lowest BCUT2D eigenvalue weighted by atomic mass is 10.2. The third-order valence-corrected chi connectivity index (χ3v) is 4.03. The second-order valence-corrected chi connectivity index (χ2v) is 6.92. The van der Waals surface area contributed by atoms with Gasteiger partial charge in [-0.3, -0.25) is 25.8 Å². The molecule has 3 N–H and O–H groups in total. The van der Waals surface area contributed by atoms with Crippen molar-refractivity contribution in [1.29, 1.82) is 0 Å². The minimum Gasteiger partial charge on any atom is -0.493 e. The maximum Gasteiger partial charge on any atom is 0.269 e. The van der Waals surface area contributed by atoms with Crippen molar-refractivity contribution in [2.45, 2.75) is 13.8 Å². The van der Waals surface area contributed by atoms with Gasteiger partial charge in [-0.05, 0) is 53.8 Å². The molecule has 2 rings (SSSR count). The molecule has 25 heavy (non-hydrogen) atoms. The first-order chi connectivity index (χ1) is 12.0. The Bertz CT molecular complexity index is 728. The Morgan fingerprint density at radius 2 is 1.84 bits per heavy atom. The van der Waals surface area contributed by atoms with E-state index in [0.717, 1.165) is 0 Å². The van der Waals surface area contributed by atoms with Crippen LogP contribution in [-0.2, 0) is 0 Å². The zero-order valence-corrected chi connectivity index (χ0v) is 15.5. The summed E-state index contributed by atoms with van der Waals surface area (Å²) in [6, 6.07) is 10.2. The number of benzene rings is 1. The Hall–Kier alpha value is -2.45. The molecule has 1 aromatic carbocycles. The Morgan fingerprint density at radius 3 is 2.44 bits per heavy atom. The quantitative estimate of drug-likeness (QED) is 0.552. The van der Waals surface area contributed by atoms with Crippen LogP contribution in [-0.4, -0.2) is 23.5 Å². The van der Waals surface area contributed by atoms with E-state index in [0.29, 0.717) is 28.7 Å². The monoisotopic (exact) mass is 377 g/mol. The van der Waals surface area contributed by atoms with Crippen molar-refractivity contribution >= 4 is 40.5 Å². The summed E-state index contributed by atoms with van der Waals surface area (Å²) < 4.78 is 5.56. The topological polar surface area (TPSA) is 79.5 Å². The van der Waals surface area contributed by atoms with E-state index < -0.39 is 0 Å². The Labute approximate surface area is 155 Å². The molecule has 0 unspecified atom stereocenters. The van der Waals surface area contributed by atoms with E-state index in [4.69, 9.17) is 17.0 Å². The summed E-state index contributed by atoms with van der Waals surface area (Å²) in [7, 11) is 0. The van der Waals surface area contributed by atoms with Crippen molar-refractivity contribution in [2.75, 3.05) is 6.61 Å².